The number of aliphatic hydroxyl groups is 1. The van der Waals surface area contributed by atoms with Gasteiger partial charge in [-0.3, -0.25) is 9.59 Å². The van der Waals surface area contributed by atoms with Gasteiger partial charge in [0.1, 0.15) is 11.3 Å². The first-order valence-corrected chi connectivity index (χ1v) is 7.15. The minimum Gasteiger partial charge on any atom is -0.509 e. The summed E-state index contributed by atoms with van der Waals surface area (Å²) < 4.78 is 0. The van der Waals surface area contributed by atoms with Crippen LogP contribution >= 0.6 is 0 Å². The molecule has 104 valence electrons. The van der Waals surface area contributed by atoms with Crippen molar-refractivity contribution in [1.82, 2.24) is 4.90 Å². The lowest BCUT2D eigenvalue weighted by molar-refractivity contribution is -0.132. The standard InChI is InChI=1S/C15H21NO3/c1-8(17)11-13(18)12-9-6-4-5-7-10(9)15(2,3)16(12)14(11)19/h9-10,12,18H,4-7H2,1-3H3/t9-,10+,12-/m0/s1. The molecule has 1 N–H and O–H groups in total. The summed E-state index contributed by atoms with van der Waals surface area (Å²) in [7, 11) is 0. The zero-order chi connectivity index (χ0) is 13.9. The van der Waals surface area contributed by atoms with Gasteiger partial charge in [-0.25, -0.2) is 0 Å². The quantitative estimate of drug-likeness (QED) is 0.738. The van der Waals surface area contributed by atoms with E-state index in [9.17, 15) is 14.7 Å². The van der Waals surface area contributed by atoms with Crippen LogP contribution in [0.1, 0.15) is 46.5 Å². The summed E-state index contributed by atoms with van der Waals surface area (Å²) in [6, 6.07) is -0.258. The maximum atomic E-state index is 12.5. The number of rotatable bonds is 1. The molecule has 1 saturated heterocycles. The van der Waals surface area contributed by atoms with E-state index in [0.717, 1.165) is 19.3 Å². The third-order valence-electron chi connectivity index (χ3n) is 5.35. The fourth-order valence-corrected chi connectivity index (χ4v) is 4.57. The van der Waals surface area contributed by atoms with Crippen LogP contribution in [0.4, 0.5) is 0 Å². The largest absolute Gasteiger partial charge is 0.509 e. The van der Waals surface area contributed by atoms with E-state index in [1.165, 1.54) is 13.3 Å². The Morgan fingerprint density at radius 1 is 1.32 bits per heavy atom. The first-order valence-electron chi connectivity index (χ1n) is 7.15. The summed E-state index contributed by atoms with van der Waals surface area (Å²) in [5.74, 6) is 0.185. The molecule has 0 bridgehead atoms. The molecule has 0 aromatic heterocycles. The average Bonchev–Trinajstić information content (AvgIpc) is 2.73. The summed E-state index contributed by atoms with van der Waals surface area (Å²) in [4.78, 5) is 25.9. The third-order valence-corrected chi connectivity index (χ3v) is 5.35. The third kappa shape index (κ3) is 1.46. The van der Waals surface area contributed by atoms with Crippen LogP contribution < -0.4 is 0 Å². The highest BCUT2D eigenvalue weighted by Crippen LogP contribution is 2.54. The van der Waals surface area contributed by atoms with Crippen LogP contribution in [0.5, 0.6) is 0 Å². The van der Waals surface area contributed by atoms with Crippen LogP contribution in [0, 0.1) is 11.8 Å². The number of amides is 1. The van der Waals surface area contributed by atoms with Crippen molar-refractivity contribution in [3.05, 3.63) is 11.3 Å². The molecule has 0 radical (unpaired) electrons. The second-order valence-electron chi connectivity index (χ2n) is 6.64. The van der Waals surface area contributed by atoms with Crippen molar-refractivity contribution in [1.29, 1.82) is 0 Å². The molecular weight excluding hydrogens is 242 g/mol. The van der Waals surface area contributed by atoms with E-state index in [-0.39, 0.29) is 34.6 Å². The number of Topliss-reactive ketones (excluding diaryl/α,β-unsaturated/α-hetero) is 1. The monoisotopic (exact) mass is 263 g/mol. The number of carbonyl (C=O) groups is 2. The molecule has 4 nitrogen and oxygen atoms in total. The van der Waals surface area contributed by atoms with E-state index in [2.05, 4.69) is 13.8 Å². The number of hydrogen-bond acceptors (Lipinski definition) is 3. The first-order chi connectivity index (χ1) is 8.87. The summed E-state index contributed by atoms with van der Waals surface area (Å²) >= 11 is 0. The SMILES string of the molecule is CC(=O)C1=C(O)[C@@H]2[C@H]3CCCC[C@H]3C(C)(C)N2C1=O. The maximum Gasteiger partial charge on any atom is 0.262 e. The van der Waals surface area contributed by atoms with Crippen molar-refractivity contribution in [2.24, 2.45) is 11.8 Å². The highest BCUT2D eigenvalue weighted by molar-refractivity contribution is 6.21. The van der Waals surface area contributed by atoms with Gasteiger partial charge in [0.2, 0.25) is 0 Å². The van der Waals surface area contributed by atoms with Gasteiger partial charge in [0.15, 0.2) is 5.78 Å². The van der Waals surface area contributed by atoms with Gasteiger partial charge < -0.3 is 10.0 Å². The van der Waals surface area contributed by atoms with Crippen LogP contribution in [0.25, 0.3) is 0 Å². The lowest BCUT2D eigenvalue weighted by Gasteiger charge is -2.37. The van der Waals surface area contributed by atoms with Gasteiger partial charge in [0.05, 0.1) is 6.04 Å². The Balaban J connectivity index is 2.09. The summed E-state index contributed by atoms with van der Waals surface area (Å²) in [5.41, 5.74) is -0.250. The molecule has 2 aliphatic heterocycles. The summed E-state index contributed by atoms with van der Waals surface area (Å²) in [5, 5.41) is 10.4. The Hall–Kier alpha value is -1.32. The summed E-state index contributed by atoms with van der Waals surface area (Å²) in [6.45, 7) is 5.51. The lowest BCUT2D eigenvalue weighted by atomic mass is 9.71. The van der Waals surface area contributed by atoms with E-state index in [4.69, 9.17) is 0 Å². The lowest BCUT2D eigenvalue weighted by Crippen LogP contribution is -2.47. The molecule has 0 aromatic rings. The van der Waals surface area contributed by atoms with Gasteiger partial charge in [0, 0.05) is 5.54 Å². The van der Waals surface area contributed by atoms with Crippen LogP contribution in [0.3, 0.4) is 0 Å². The van der Waals surface area contributed by atoms with Crippen LogP contribution in [0.15, 0.2) is 11.3 Å². The summed E-state index contributed by atoms with van der Waals surface area (Å²) in [6.07, 6.45) is 4.50. The molecule has 19 heavy (non-hydrogen) atoms. The molecule has 3 rings (SSSR count). The number of ketones is 1. The van der Waals surface area contributed by atoms with E-state index in [1.807, 2.05) is 0 Å². The molecule has 2 heterocycles. The van der Waals surface area contributed by atoms with Crippen molar-refractivity contribution in [3.8, 4) is 0 Å². The highest BCUT2D eigenvalue weighted by atomic mass is 16.3. The van der Waals surface area contributed by atoms with Gasteiger partial charge in [-0.15, -0.1) is 0 Å². The van der Waals surface area contributed by atoms with Crippen molar-refractivity contribution >= 4 is 11.7 Å². The fraction of sp³-hybridized carbons (Fsp3) is 0.733. The smallest absolute Gasteiger partial charge is 0.262 e. The molecule has 1 amide bonds. The molecule has 3 aliphatic rings. The highest BCUT2D eigenvalue weighted by Gasteiger charge is 2.61. The van der Waals surface area contributed by atoms with E-state index in [0.29, 0.717) is 11.8 Å². The molecule has 4 heteroatoms. The van der Waals surface area contributed by atoms with Crippen molar-refractivity contribution < 1.29 is 14.7 Å². The van der Waals surface area contributed by atoms with Crippen molar-refractivity contribution in [2.75, 3.05) is 0 Å². The minimum atomic E-state index is -0.319. The van der Waals surface area contributed by atoms with Crippen LogP contribution in [-0.4, -0.2) is 33.3 Å². The van der Waals surface area contributed by atoms with Gasteiger partial charge >= 0.3 is 0 Å². The van der Waals surface area contributed by atoms with E-state index < -0.39 is 0 Å². The Labute approximate surface area is 113 Å². The van der Waals surface area contributed by atoms with Gasteiger partial charge in [-0.05, 0) is 45.4 Å². The predicted octanol–water partition coefficient (Wildman–Crippen LogP) is 2.20. The predicted molar refractivity (Wildman–Crippen MR) is 70.5 cm³/mol. The molecule has 0 spiro atoms. The number of hydrogen-bond donors (Lipinski definition) is 1. The molecule has 2 fully saturated rings. The van der Waals surface area contributed by atoms with Gasteiger partial charge in [0.25, 0.3) is 5.91 Å². The second-order valence-corrected chi connectivity index (χ2v) is 6.64. The van der Waals surface area contributed by atoms with Crippen molar-refractivity contribution in [3.63, 3.8) is 0 Å². The Kier molecular flexibility index (Phi) is 2.57. The van der Waals surface area contributed by atoms with E-state index in [1.54, 1.807) is 4.90 Å². The van der Waals surface area contributed by atoms with Crippen molar-refractivity contribution in [2.45, 2.75) is 58.0 Å². The van der Waals surface area contributed by atoms with Gasteiger partial charge in [-0.2, -0.15) is 0 Å². The zero-order valence-corrected chi connectivity index (χ0v) is 11.8. The molecule has 1 aliphatic carbocycles. The normalized spacial score (nSPS) is 36.5. The maximum absolute atomic E-state index is 12.5. The van der Waals surface area contributed by atoms with Crippen LogP contribution in [0.2, 0.25) is 0 Å². The molecular formula is C15H21NO3. The minimum absolute atomic E-state index is 0.0158. The Bertz CT molecular complexity index is 492. The molecule has 1 saturated carbocycles. The first kappa shape index (κ1) is 12.7. The number of carbonyl (C=O) groups excluding carboxylic acids is 2. The Morgan fingerprint density at radius 3 is 2.58 bits per heavy atom. The molecule has 0 unspecified atom stereocenters. The van der Waals surface area contributed by atoms with Crippen LogP contribution in [-0.2, 0) is 9.59 Å². The second kappa shape index (κ2) is 3.84. The number of fused-ring (bicyclic) bond motifs is 3. The number of aliphatic hydroxyl groups excluding tert-OH is 1. The number of nitrogens with zero attached hydrogens (tertiary/aromatic N) is 1. The average molecular weight is 263 g/mol. The molecule has 0 aromatic carbocycles. The van der Waals surface area contributed by atoms with Gasteiger partial charge in [-0.1, -0.05) is 12.8 Å². The topological polar surface area (TPSA) is 57.6 Å². The van der Waals surface area contributed by atoms with E-state index >= 15 is 0 Å². The fourth-order valence-electron chi connectivity index (χ4n) is 4.57. The Morgan fingerprint density at radius 2 is 1.95 bits per heavy atom. The molecule has 3 atom stereocenters. The zero-order valence-electron chi connectivity index (χ0n) is 11.8.